The summed E-state index contributed by atoms with van der Waals surface area (Å²) < 4.78 is 38.7. The van der Waals surface area contributed by atoms with Crippen LogP contribution in [-0.4, -0.2) is 18.8 Å². The molecular formula is C13H9FN2O4S2. The van der Waals surface area contributed by atoms with Crippen molar-refractivity contribution in [1.29, 1.82) is 0 Å². The van der Waals surface area contributed by atoms with Crippen molar-refractivity contribution in [1.82, 2.24) is 0 Å². The van der Waals surface area contributed by atoms with Gasteiger partial charge in [-0.15, -0.1) is 0 Å². The predicted octanol–water partition coefficient (Wildman–Crippen LogP) is 2.89. The van der Waals surface area contributed by atoms with E-state index >= 15 is 0 Å². The van der Waals surface area contributed by atoms with Crippen molar-refractivity contribution in [2.75, 3.05) is 4.31 Å². The standard InChI is InChI=1S/C13H9FN2O4S2/c14-10-1-3-11(4-2-10)15(9-21)22(19,20)13-7-5-12(6-8-13)16(17)18/h1-9H. The summed E-state index contributed by atoms with van der Waals surface area (Å²) in [5.74, 6) is -0.513. The van der Waals surface area contributed by atoms with E-state index in [0.717, 1.165) is 46.2 Å². The van der Waals surface area contributed by atoms with Gasteiger partial charge in [0.25, 0.3) is 15.7 Å². The molecule has 2 aromatic carbocycles. The number of rotatable bonds is 5. The molecule has 0 atom stereocenters. The van der Waals surface area contributed by atoms with Gasteiger partial charge in [-0.3, -0.25) is 10.1 Å². The maximum Gasteiger partial charge on any atom is 0.269 e. The molecule has 0 saturated heterocycles. The predicted molar refractivity (Wildman–Crippen MR) is 82.8 cm³/mol. The molecule has 0 heterocycles. The van der Waals surface area contributed by atoms with Gasteiger partial charge < -0.3 is 0 Å². The van der Waals surface area contributed by atoms with E-state index in [9.17, 15) is 22.9 Å². The zero-order valence-electron chi connectivity index (χ0n) is 10.9. The first-order valence-electron chi connectivity index (χ1n) is 5.86. The summed E-state index contributed by atoms with van der Waals surface area (Å²) in [5.41, 5.74) is 0.841. The van der Waals surface area contributed by atoms with Crippen molar-refractivity contribution in [3.63, 3.8) is 0 Å². The number of nitrogens with zero attached hydrogens (tertiary/aromatic N) is 2. The molecule has 0 N–H and O–H groups in total. The van der Waals surface area contributed by atoms with Gasteiger partial charge in [0.2, 0.25) is 0 Å². The van der Waals surface area contributed by atoms with Crippen LogP contribution in [0.25, 0.3) is 0 Å². The van der Waals surface area contributed by atoms with E-state index in [1.54, 1.807) is 0 Å². The van der Waals surface area contributed by atoms with E-state index in [2.05, 4.69) is 0 Å². The lowest BCUT2D eigenvalue weighted by Crippen LogP contribution is -2.28. The Hall–Kier alpha value is -2.39. The van der Waals surface area contributed by atoms with Crippen LogP contribution in [-0.2, 0) is 10.0 Å². The first-order valence-corrected chi connectivity index (χ1v) is 7.77. The van der Waals surface area contributed by atoms with Crippen molar-refractivity contribution in [3.8, 4) is 0 Å². The second kappa shape index (κ2) is 6.16. The molecule has 2 aromatic rings. The summed E-state index contributed by atoms with van der Waals surface area (Å²) in [6.45, 7) is 0. The quantitative estimate of drug-likeness (QED) is 0.475. The number of thiocarbonyl (C=S) groups is 1. The van der Waals surface area contributed by atoms with E-state index in [1.165, 1.54) is 12.1 Å². The fraction of sp³-hybridized carbons (Fsp3) is 0. The van der Waals surface area contributed by atoms with Crippen LogP contribution in [0.4, 0.5) is 15.8 Å². The van der Waals surface area contributed by atoms with Crippen molar-refractivity contribution >= 4 is 39.1 Å². The molecule has 2 rings (SSSR count). The van der Waals surface area contributed by atoms with Crippen LogP contribution in [0.15, 0.2) is 53.4 Å². The Morgan fingerprint density at radius 3 is 2.09 bits per heavy atom. The number of nitro benzene ring substituents is 1. The molecule has 114 valence electrons. The van der Waals surface area contributed by atoms with Crippen molar-refractivity contribution in [3.05, 3.63) is 64.5 Å². The van der Waals surface area contributed by atoms with Gasteiger partial charge in [-0.2, -0.15) is 0 Å². The van der Waals surface area contributed by atoms with Crippen molar-refractivity contribution in [2.45, 2.75) is 4.90 Å². The maximum absolute atomic E-state index is 12.9. The number of halogens is 1. The summed E-state index contributed by atoms with van der Waals surface area (Å²) in [4.78, 5) is 9.80. The topological polar surface area (TPSA) is 80.5 Å². The highest BCUT2D eigenvalue weighted by molar-refractivity contribution is 7.95. The van der Waals surface area contributed by atoms with Crippen LogP contribution in [0.3, 0.4) is 0 Å². The van der Waals surface area contributed by atoms with Crippen LogP contribution in [0.2, 0.25) is 0 Å². The average Bonchev–Trinajstić information content (AvgIpc) is 2.50. The number of hydrogen-bond donors (Lipinski definition) is 0. The zero-order valence-corrected chi connectivity index (χ0v) is 12.6. The largest absolute Gasteiger partial charge is 0.269 e. The molecule has 6 nitrogen and oxygen atoms in total. The molecule has 0 aliphatic rings. The van der Waals surface area contributed by atoms with Gasteiger partial charge in [0.05, 0.1) is 21.0 Å². The Morgan fingerprint density at radius 2 is 1.64 bits per heavy atom. The first-order chi connectivity index (χ1) is 10.4. The Balaban J connectivity index is 2.44. The van der Waals surface area contributed by atoms with Gasteiger partial charge in [0, 0.05) is 12.1 Å². The lowest BCUT2D eigenvalue weighted by molar-refractivity contribution is -0.384. The number of non-ortho nitro benzene ring substituents is 1. The van der Waals surface area contributed by atoms with E-state index in [-0.39, 0.29) is 16.3 Å². The molecular weight excluding hydrogens is 331 g/mol. The highest BCUT2D eigenvalue weighted by atomic mass is 32.2. The lowest BCUT2D eigenvalue weighted by atomic mass is 10.3. The highest BCUT2D eigenvalue weighted by Gasteiger charge is 2.24. The summed E-state index contributed by atoms with van der Waals surface area (Å²) in [7, 11) is -4.03. The second-order valence-electron chi connectivity index (χ2n) is 4.13. The smallest absolute Gasteiger partial charge is 0.258 e. The van der Waals surface area contributed by atoms with Crippen LogP contribution in [0, 0.1) is 15.9 Å². The lowest BCUT2D eigenvalue weighted by Gasteiger charge is -2.19. The summed E-state index contributed by atoms with van der Waals surface area (Å²) in [6, 6.07) is 9.13. The fourth-order valence-electron chi connectivity index (χ4n) is 1.70. The third-order valence-corrected chi connectivity index (χ3v) is 4.83. The van der Waals surface area contributed by atoms with Crippen molar-refractivity contribution in [2.24, 2.45) is 0 Å². The minimum absolute atomic E-state index is 0.162. The molecule has 0 aliphatic carbocycles. The van der Waals surface area contributed by atoms with E-state index in [1.807, 2.05) is 0 Å². The fourth-order valence-corrected chi connectivity index (χ4v) is 3.38. The summed E-state index contributed by atoms with van der Waals surface area (Å²) >= 11 is 4.72. The molecule has 0 aromatic heterocycles. The minimum atomic E-state index is -4.03. The number of sulfonamides is 1. The normalized spacial score (nSPS) is 11.0. The number of benzene rings is 2. The molecule has 22 heavy (non-hydrogen) atoms. The van der Waals surface area contributed by atoms with Gasteiger partial charge >= 0.3 is 0 Å². The zero-order chi connectivity index (χ0) is 16.3. The number of anilines is 1. The molecule has 0 unspecified atom stereocenters. The Bertz CT molecular complexity index is 805. The SMILES string of the molecule is O=[N+]([O-])c1ccc(S(=O)(=O)N(C=S)c2ccc(F)cc2)cc1. The number of nitro groups is 1. The molecule has 0 fully saturated rings. The van der Waals surface area contributed by atoms with Crippen LogP contribution in [0.1, 0.15) is 0 Å². The van der Waals surface area contributed by atoms with Gasteiger partial charge in [-0.05, 0) is 36.4 Å². The summed E-state index contributed by atoms with van der Waals surface area (Å²) in [5, 5.41) is 10.6. The molecule has 0 aliphatic heterocycles. The van der Waals surface area contributed by atoms with E-state index in [4.69, 9.17) is 12.2 Å². The first kappa shape index (κ1) is 16.0. The molecule has 9 heteroatoms. The average molecular weight is 340 g/mol. The van der Waals surface area contributed by atoms with E-state index < -0.39 is 20.8 Å². The monoisotopic (exact) mass is 340 g/mol. The third kappa shape index (κ3) is 3.10. The van der Waals surface area contributed by atoms with Crippen LogP contribution in [0.5, 0.6) is 0 Å². The van der Waals surface area contributed by atoms with Gasteiger partial charge in [0.1, 0.15) is 5.82 Å². The summed E-state index contributed by atoms with van der Waals surface area (Å²) in [6.07, 6.45) is 0. The highest BCUT2D eigenvalue weighted by Crippen LogP contribution is 2.24. The van der Waals surface area contributed by atoms with Crippen molar-refractivity contribution < 1.29 is 17.7 Å². The number of hydrogen-bond acceptors (Lipinski definition) is 5. The van der Waals surface area contributed by atoms with Gasteiger partial charge in [-0.25, -0.2) is 17.1 Å². The Labute approximate surface area is 131 Å². The minimum Gasteiger partial charge on any atom is -0.258 e. The van der Waals surface area contributed by atoms with E-state index in [0.29, 0.717) is 0 Å². The van der Waals surface area contributed by atoms with Crippen LogP contribution < -0.4 is 4.31 Å². The van der Waals surface area contributed by atoms with Gasteiger partial charge in [-0.1, -0.05) is 12.2 Å². The molecule has 0 spiro atoms. The van der Waals surface area contributed by atoms with Gasteiger partial charge in [0.15, 0.2) is 0 Å². The Kier molecular flexibility index (Phi) is 4.48. The Morgan fingerprint density at radius 1 is 1.09 bits per heavy atom. The molecule has 0 amide bonds. The molecule has 0 bridgehead atoms. The second-order valence-corrected chi connectivity index (χ2v) is 6.16. The maximum atomic E-state index is 12.9. The molecule has 0 saturated carbocycles. The molecule has 0 radical (unpaired) electrons. The van der Waals surface area contributed by atoms with Crippen LogP contribution >= 0.6 is 12.2 Å². The third-order valence-electron chi connectivity index (χ3n) is 2.78.